The highest BCUT2D eigenvalue weighted by molar-refractivity contribution is 14.0. The molecule has 1 fully saturated rings. The number of nitrogens with zero attached hydrogens (tertiary/aromatic N) is 1. The van der Waals surface area contributed by atoms with Crippen LogP contribution >= 0.6 is 24.0 Å². The van der Waals surface area contributed by atoms with Gasteiger partial charge in [-0.3, -0.25) is 4.99 Å². The summed E-state index contributed by atoms with van der Waals surface area (Å²) in [6.45, 7) is 2.84. The van der Waals surface area contributed by atoms with Crippen molar-refractivity contribution in [3.05, 3.63) is 35.1 Å². The first kappa shape index (κ1) is 20.1. The van der Waals surface area contributed by atoms with E-state index in [0.29, 0.717) is 31.0 Å². The molecule has 8 heteroatoms. The lowest BCUT2D eigenvalue weighted by Gasteiger charge is -2.14. The van der Waals surface area contributed by atoms with Gasteiger partial charge in [-0.05, 0) is 36.5 Å². The number of aryl methyl sites for hydroxylation is 1. The van der Waals surface area contributed by atoms with E-state index in [0.717, 1.165) is 5.56 Å². The number of nitrogens with one attached hydrogen (secondary N) is 2. The number of rotatable bonds is 4. The van der Waals surface area contributed by atoms with Gasteiger partial charge in [0, 0.05) is 20.1 Å². The van der Waals surface area contributed by atoms with Crippen LogP contribution in [0.2, 0.25) is 0 Å². The fourth-order valence-electron chi connectivity index (χ4n) is 2.50. The van der Waals surface area contributed by atoms with E-state index in [2.05, 4.69) is 15.6 Å². The van der Waals surface area contributed by atoms with Crippen molar-refractivity contribution in [2.45, 2.75) is 19.9 Å². The van der Waals surface area contributed by atoms with E-state index in [4.69, 9.17) is 0 Å². The summed E-state index contributed by atoms with van der Waals surface area (Å²) in [6.07, 6.45) is 0.698. The third-order valence-electron chi connectivity index (χ3n) is 3.79. The second-order valence-corrected chi connectivity index (χ2v) is 7.89. The molecule has 0 aromatic heterocycles. The molecule has 5 nitrogen and oxygen atoms in total. The molecule has 1 aromatic carbocycles. The van der Waals surface area contributed by atoms with Gasteiger partial charge in [0.05, 0.1) is 11.5 Å². The van der Waals surface area contributed by atoms with Crippen LogP contribution in [0, 0.1) is 18.7 Å². The van der Waals surface area contributed by atoms with Gasteiger partial charge in [-0.15, -0.1) is 24.0 Å². The number of halogens is 2. The minimum Gasteiger partial charge on any atom is -0.356 e. The fraction of sp³-hybridized carbons (Fsp3) is 0.533. The Kier molecular flexibility index (Phi) is 7.72. The quantitative estimate of drug-likeness (QED) is 0.413. The van der Waals surface area contributed by atoms with Gasteiger partial charge in [0.1, 0.15) is 5.82 Å². The first-order valence-corrected chi connectivity index (χ1v) is 9.12. The molecule has 23 heavy (non-hydrogen) atoms. The van der Waals surface area contributed by atoms with Crippen LogP contribution in [0.5, 0.6) is 0 Å². The Labute approximate surface area is 154 Å². The largest absolute Gasteiger partial charge is 0.356 e. The summed E-state index contributed by atoms with van der Waals surface area (Å²) < 4.78 is 36.1. The Morgan fingerprint density at radius 1 is 1.39 bits per heavy atom. The van der Waals surface area contributed by atoms with E-state index >= 15 is 0 Å². The molecular weight excluding hydrogens is 432 g/mol. The normalized spacial score (nSPS) is 20.0. The molecule has 0 saturated carbocycles. The summed E-state index contributed by atoms with van der Waals surface area (Å²) >= 11 is 0. The topological polar surface area (TPSA) is 70.6 Å². The van der Waals surface area contributed by atoms with E-state index in [1.54, 1.807) is 26.1 Å². The Balaban J connectivity index is 0.00000264. The average molecular weight is 455 g/mol. The molecule has 0 amide bonds. The van der Waals surface area contributed by atoms with E-state index < -0.39 is 9.84 Å². The van der Waals surface area contributed by atoms with Gasteiger partial charge in [-0.1, -0.05) is 12.1 Å². The second-order valence-electron chi connectivity index (χ2n) is 5.66. The number of sulfone groups is 1. The monoisotopic (exact) mass is 455 g/mol. The fourth-order valence-corrected chi connectivity index (χ4v) is 4.36. The van der Waals surface area contributed by atoms with Crippen LogP contribution in [0.4, 0.5) is 4.39 Å². The first-order chi connectivity index (χ1) is 10.4. The molecule has 1 aromatic rings. The maximum Gasteiger partial charge on any atom is 0.191 e. The van der Waals surface area contributed by atoms with Gasteiger partial charge in [0.15, 0.2) is 15.8 Å². The van der Waals surface area contributed by atoms with Gasteiger partial charge in [0.2, 0.25) is 0 Å². The predicted molar refractivity (Wildman–Crippen MR) is 102 cm³/mol. The van der Waals surface area contributed by atoms with Crippen LogP contribution in [0.25, 0.3) is 0 Å². The van der Waals surface area contributed by atoms with Gasteiger partial charge in [0.25, 0.3) is 0 Å². The molecule has 0 radical (unpaired) electrons. The summed E-state index contributed by atoms with van der Waals surface area (Å²) in [5.41, 5.74) is 1.57. The maximum absolute atomic E-state index is 13.2. The minimum atomic E-state index is -2.85. The van der Waals surface area contributed by atoms with Crippen molar-refractivity contribution >= 4 is 39.8 Å². The lowest BCUT2D eigenvalue weighted by atomic mass is 10.1. The molecule has 0 aliphatic carbocycles. The molecule has 2 rings (SSSR count). The van der Waals surface area contributed by atoms with Crippen molar-refractivity contribution in [2.75, 3.05) is 25.1 Å². The molecule has 1 aliphatic rings. The van der Waals surface area contributed by atoms with Gasteiger partial charge < -0.3 is 10.6 Å². The van der Waals surface area contributed by atoms with Crippen molar-refractivity contribution in [3.8, 4) is 0 Å². The molecular formula is C15H23FIN3O2S. The summed E-state index contributed by atoms with van der Waals surface area (Å²) in [5, 5.41) is 6.29. The number of hydrogen-bond acceptors (Lipinski definition) is 3. The number of aliphatic imine (C=N–C) groups is 1. The molecule has 1 aliphatic heterocycles. The lowest BCUT2D eigenvalue weighted by molar-refractivity contribution is 0.567. The SMILES string of the molecule is CN=C(NCc1ccc(F)c(C)c1)NCC1CCS(=O)(=O)C1.I. The zero-order valence-electron chi connectivity index (χ0n) is 13.3. The smallest absolute Gasteiger partial charge is 0.191 e. The Morgan fingerprint density at radius 3 is 2.70 bits per heavy atom. The maximum atomic E-state index is 13.2. The standard InChI is InChI=1S/C15H22FN3O2S.HI/c1-11-7-12(3-4-14(11)16)8-18-15(17-2)19-9-13-5-6-22(20,21)10-13;/h3-4,7,13H,5-6,8-10H2,1-2H3,(H2,17,18,19);1H. The summed E-state index contributed by atoms with van der Waals surface area (Å²) in [7, 11) is -1.19. The molecule has 1 unspecified atom stereocenters. The van der Waals surface area contributed by atoms with Gasteiger partial charge >= 0.3 is 0 Å². The summed E-state index contributed by atoms with van der Waals surface area (Å²) in [6, 6.07) is 4.97. The highest BCUT2D eigenvalue weighted by atomic mass is 127. The molecule has 0 bridgehead atoms. The molecule has 130 valence electrons. The molecule has 1 atom stereocenters. The lowest BCUT2D eigenvalue weighted by Crippen LogP contribution is -2.39. The third kappa shape index (κ3) is 6.25. The Morgan fingerprint density at radius 2 is 2.13 bits per heavy atom. The Bertz CT molecular complexity index is 665. The van der Waals surface area contributed by atoms with Crippen molar-refractivity contribution in [2.24, 2.45) is 10.9 Å². The van der Waals surface area contributed by atoms with E-state index in [-0.39, 0.29) is 47.2 Å². The van der Waals surface area contributed by atoms with Crippen LogP contribution < -0.4 is 10.6 Å². The first-order valence-electron chi connectivity index (χ1n) is 7.29. The van der Waals surface area contributed by atoms with E-state index in [1.165, 1.54) is 6.07 Å². The molecule has 1 heterocycles. The van der Waals surface area contributed by atoms with E-state index in [9.17, 15) is 12.8 Å². The second kappa shape index (κ2) is 8.81. The number of hydrogen-bond donors (Lipinski definition) is 2. The van der Waals surface area contributed by atoms with Crippen molar-refractivity contribution in [1.29, 1.82) is 0 Å². The van der Waals surface area contributed by atoms with Gasteiger partial charge in [-0.25, -0.2) is 12.8 Å². The highest BCUT2D eigenvalue weighted by Crippen LogP contribution is 2.17. The molecule has 1 saturated heterocycles. The van der Waals surface area contributed by atoms with Crippen molar-refractivity contribution in [1.82, 2.24) is 10.6 Å². The van der Waals surface area contributed by atoms with Crippen LogP contribution in [-0.2, 0) is 16.4 Å². The van der Waals surface area contributed by atoms with Crippen LogP contribution in [0.1, 0.15) is 17.5 Å². The highest BCUT2D eigenvalue weighted by Gasteiger charge is 2.27. The van der Waals surface area contributed by atoms with Crippen molar-refractivity contribution in [3.63, 3.8) is 0 Å². The number of guanidine groups is 1. The molecule has 0 spiro atoms. The predicted octanol–water partition coefficient (Wildman–Crippen LogP) is 1.85. The third-order valence-corrected chi connectivity index (χ3v) is 5.63. The summed E-state index contributed by atoms with van der Waals surface area (Å²) in [5.74, 6) is 1.06. The van der Waals surface area contributed by atoms with Crippen LogP contribution in [0.3, 0.4) is 0 Å². The van der Waals surface area contributed by atoms with Crippen LogP contribution in [0.15, 0.2) is 23.2 Å². The van der Waals surface area contributed by atoms with Crippen molar-refractivity contribution < 1.29 is 12.8 Å². The van der Waals surface area contributed by atoms with Crippen LogP contribution in [-0.4, -0.2) is 39.5 Å². The summed E-state index contributed by atoms with van der Waals surface area (Å²) in [4.78, 5) is 4.11. The number of benzene rings is 1. The minimum absolute atomic E-state index is 0. The zero-order valence-corrected chi connectivity index (χ0v) is 16.4. The van der Waals surface area contributed by atoms with Gasteiger partial charge in [-0.2, -0.15) is 0 Å². The van der Waals surface area contributed by atoms with E-state index in [1.807, 2.05) is 0 Å². The average Bonchev–Trinajstić information content (AvgIpc) is 2.82. The Hall–Kier alpha value is -0.900. The zero-order chi connectivity index (χ0) is 16.2. The molecule has 2 N–H and O–H groups in total.